The Bertz CT molecular complexity index is 1590. The standard InChI is InChI=1S/C22H12N2O6S/c25-19-18(31-22-23-15-3-1-2-4-16(15)24(19)22)10-14-5-6-17(30-14)11-7-12(20(26)27)9-13(8-11)21(28)29/h1-10H,(H,26,27)(H,28,29)/b18-10+. The summed E-state index contributed by atoms with van der Waals surface area (Å²) in [5, 5.41) is 18.5. The van der Waals surface area contributed by atoms with Gasteiger partial charge in [0.1, 0.15) is 16.1 Å². The van der Waals surface area contributed by atoms with Gasteiger partial charge in [0.25, 0.3) is 5.56 Å². The van der Waals surface area contributed by atoms with Gasteiger partial charge < -0.3 is 14.6 Å². The van der Waals surface area contributed by atoms with Gasteiger partial charge in [0.2, 0.25) is 0 Å². The number of rotatable bonds is 4. The number of benzene rings is 2. The van der Waals surface area contributed by atoms with Crippen LogP contribution in [0.5, 0.6) is 0 Å². The molecule has 0 radical (unpaired) electrons. The Morgan fingerprint density at radius 2 is 1.71 bits per heavy atom. The molecule has 0 fully saturated rings. The largest absolute Gasteiger partial charge is 0.478 e. The van der Waals surface area contributed by atoms with Crippen LogP contribution >= 0.6 is 11.3 Å². The Hall–Kier alpha value is -4.24. The normalized spacial score (nSPS) is 12.1. The van der Waals surface area contributed by atoms with Crippen LogP contribution in [0.15, 0.2) is 63.8 Å². The second-order valence-corrected chi connectivity index (χ2v) is 7.75. The van der Waals surface area contributed by atoms with Crippen LogP contribution in [0, 0.1) is 0 Å². The number of nitrogens with zero attached hydrogens (tertiary/aromatic N) is 2. The van der Waals surface area contributed by atoms with Crippen molar-refractivity contribution in [3.05, 3.63) is 86.4 Å². The molecule has 0 amide bonds. The molecule has 0 aliphatic carbocycles. The number of carboxylic acid groups (broad SMARTS) is 2. The molecule has 0 atom stereocenters. The Morgan fingerprint density at radius 3 is 2.42 bits per heavy atom. The Morgan fingerprint density at radius 1 is 1.00 bits per heavy atom. The third kappa shape index (κ3) is 3.17. The first-order valence-corrected chi connectivity index (χ1v) is 9.86. The number of hydrogen-bond acceptors (Lipinski definition) is 6. The molecular weight excluding hydrogens is 420 g/mol. The maximum atomic E-state index is 12.9. The number of furan rings is 1. The van der Waals surface area contributed by atoms with E-state index in [1.54, 1.807) is 22.6 Å². The highest BCUT2D eigenvalue weighted by atomic mass is 32.1. The fraction of sp³-hybridized carbons (Fsp3) is 0. The van der Waals surface area contributed by atoms with E-state index in [9.17, 15) is 24.6 Å². The van der Waals surface area contributed by atoms with Crippen molar-refractivity contribution >= 4 is 45.3 Å². The van der Waals surface area contributed by atoms with E-state index in [0.29, 0.717) is 20.8 Å². The zero-order valence-corrected chi connectivity index (χ0v) is 16.4. The van der Waals surface area contributed by atoms with E-state index in [2.05, 4.69) is 4.98 Å². The summed E-state index contributed by atoms with van der Waals surface area (Å²) in [4.78, 5) is 40.5. The summed E-state index contributed by atoms with van der Waals surface area (Å²) in [6.07, 6.45) is 1.58. The molecule has 0 aliphatic heterocycles. The number of aromatic carboxylic acids is 2. The molecule has 2 N–H and O–H groups in total. The Balaban J connectivity index is 1.60. The number of imidazole rings is 1. The fourth-order valence-electron chi connectivity index (χ4n) is 3.34. The summed E-state index contributed by atoms with van der Waals surface area (Å²) in [6.45, 7) is 0. The van der Waals surface area contributed by atoms with Crippen LogP contribution in [-0.4, -0.2) is 31.5 Å². The summed E-state index contributed by atoms with van der Waals surface area (Å²) in [6, 6.07) is 14.3. The third-order valence-electron chi connectivity index (χ3n) is 4.76. The summed E-state index contributed by atoms with van der Waals surface area (Å²) in [7, 11) is 0. The van der Waals surface area contributed by atoms with Crippen LogP contribution < -0.4 is 10.1 Å². The molecule has 5 rings (SSSR count). The van der Waals surface area contributed by atoms with Gasteiger partial charge in [-0.15, -0.1) is 0 Å². The highest BCUT2D eigenvalue weighted by molar-refractivity contribution is 7.15. The van der Waals surface area contributed by atoms with E-state index < -0.39 is 11.9 Å². The van der Waals surface area contributed by atoms with Crippen molar-refractivity contribution in [1.82, 2.24) is 9.38 Å². The van der Waals surface area contributed by atoms with Gasteiger partial charge in [0.15, 0.2) is 4.96 Å². The summed E-state index contributed by atoms with van der Waals surface area (Å²) in [5.74, 6) is -1.82. The number of thiazole rings is 1. The third-order valence-corrected chi connectivity index (χ3v) is 5.73. The summed E-state index contributed by atoms with van der Waals surface area (Å²) < 4.78 is 7.73. The number of carbonyl (C=O) groups is 2. The number of carboxylic acids is 2. The van der Waals surface area contributed by atoms with E-state index in [4.69, 9.17) is 4.42 Å². The molecule has 0 spiro atoms. The van der Waals surface area contributed by atoms with E-state index in [0.717, 1.165) is 17.1 Å². The van der Waals surface area contributed by atoms with Crippen molar-refractivity contribution in [3.8, 4) is 11.3 Å². The minimum atomic E-state index is -1.24. The molecule has 0 saturated heterocycles. The first-order valence-electron chi connectivity index (χ1n) is 9.04. The van der Waals surface area contributed by atoms with Gasteiger partial charge in [-0.25, -0.2) is 19.0 Å². The van der Waals surface area contributed by atoms with Gasteiger partial charge in [0.05, 0.1) is 22.2 Å². The lowest BCUT2D eigenvalue weighted by atomic mass is 10.0. The SMILES string of the molecule is O=C(O)c1cc(C(=O)O)cc(-c2ccc(/C=c3/sc4nc5ccccc5n4c3=O)o2)c1. The highest BCUT2D eigenvalue weighted by Gasteiger charge is 2.15. The molecule has 8 nitrogen and oxygen atoms in total. The monoisotopic (exact) mass is 432 g/mol. The molecule has 0 unspecified atom stereocenters. The van der Waals surface area contributed by atoms with Gasteiger partial charge >= 0.3 is 11.9 Å². The summed E-state index contributed by atoms with van der Waals surface area (Å²) >= 11 is 1.23. The van der Waals surface area contributed by atoms with Crippen LogP contribution in [0.25, 0.3) is 33.4 Å². The lowest BCUT2D eigenvalue weighted by molar-refractivity contribution is 0.0696. The lowest BCUT2D eigenvalue weighted by Crippen LogP contribution is -2.22. The predicted octanol–water partition coefficient (Wildman–Crippen LogP) is 3.11. The van der Waals surface area contributed by atoms with Gasteiger partial charge in [-0.1, -0.05) is 23.5 Å². The number of aromatic nitrogens is 2. The maximum absolute atomic E-state index is 12.9. The van der Waals surface area contributed by atoms with Gasteiger partial charge in [0, 0.05) is 11.6 Å². The smallest absolute Gasteiger partial charge is 0.335 e. The molecular formula is C22H12N2O6S. The molecule has 5 aromatic rings. The van der Waals surface area contributed by atoms with E-state index in [-0.39, 0.29) is 22.4 Å². The zero-order valence-electron chi connectivity index (χ0n) is 15.6. The maximum Gasteiger partial charge on any atom is 0.335 e. The molecule has 3 heterocycles. The minimum Gasteiger partial charge on any atom is -0.478 e. The summed E-state index contributed by atoms with van der Waals surface area (Å²) in [5.41, 5.74) is 1.24. The average molecular weight is 432 g/mol. The van der Waals surface area contributed by atoms with Crippen molar-refractivity contribution < 1.29 is 24.2 Å². The van der Waals surface area contributed by atoms with Gasteiger partial charge in [-0.3, -0.25) is 4.79 Å². The molecule has 0 saturated carbocycles. The first-order chi connectivity index (χ1) is 14.9. The first kappa shape index (κ1) is 18.8. The number of fused-ring (bicyclic) bond motifs is 3. The van der Waals surface area contributed by atoms with Crippen LogP contribution in [-0.2, 0) is 0 Å². The lowest BCUT2D eigenvalue weighted by Gasteiger charge is -2.03. The van der Waals surface area contributed by atoms with Crippen LogP contribution in [0.4, 0.5) is 0 Å². The van der Waals surface area contributed by atoms with Crippen molar-refractivity contribution in [3.63, 3.8) is 0 Å². The van der Waals surface area contributed by atoms with Crippen LogP contribution in [0.2, 0.25) is 0 Å². The quantitative estimate of drug-likeness (QED) is 0.447. The molecule has 0 bridgehead atoms. The number of hydrogen-bond donors (Lipinski definition) is 2. The molecule has 3 aromatic heterocycles. The van der Waals surface area contributed by atoms with E-state index in [1.165, 1.54) is 23.5 Å². The molecule has 2 aromatic carbocycles. The Labute approximate surface area is 176 Å². The van der Waals surface area contributed by atoms with Crippen LogP contribution in [0.3, 0.4) is 0 Å². The second kappa shape index (κ2) is 6.92. The zero-order chi connectivity index (χ0) is 21.7. The van der Waals surface area contributed by atoms with E-state index >= 15 is 0 Å². The average Bonchev–Trinajstić information content (AvgIpc) is 3.43. The predicted molar refractivity (Wildman–Crippen MR) is 114 cm³/mol. The van der Waals surface area contributed by atoms with Gasteiger partial charge in [-0.05, 0) is 42.5 Å². The topological polar surface area (TPSA) is 122 Å². The van der Waals surface area contributed by atoms with Crippen molar-refractivity contribution in [2.24, 2.45) is 0 Å². The van der Waals surface area contributed by atoms with Crippen molar-refractivity contribution in [1.29, 1.82) is 0 Å². The van der Waals surface area contributed by atoms with Crippen molar-refractivity contribution in [2.75, 3.05) is 0 Å². The number of para-hydroxylation sites is 2. The molecule has 152 valence electrons. The molecule has 9 heteroatoms. The molecule has 0 aliphatic rings. The second-order valence-electron chi connectivity index (χ2n) is 6.75. The highest BCUT2D eigenvalue weighted by Crippen LogP contribution is 2.25. The van der Waals surface area contributed by atoms with E-state index in [1.807, 2.05) is 24.3 Å². The van der Waals surface area contributed by atoms with Gasteiger partial charge in [-0.2, -0.15) is 0 Å². The van der Waals surface area contributed by atoms with Crippen LogP contribution in [0.1, 0.15) is 26.5 Å². The molecule has 31 heavy (non-hydrogen) atoms. The minimum absolute atomic E-state index is 0.162. The fourth-order valence-corrected chi connectivity index (χ4v) is 4.31. The Kier molecular flexibility index (Phi) is 4.19. The van der Waals surface area contributed by atoms with Crippen molar-refractivity contribution in [2.45, 2.75) is 0 Å².